The Bertz CT molecular complexity index is 412. The smallest absolute Gasteiger partial charge is 0.338 e. The maximum atomic E-state index is 11.7. The molecule has 1 aliphatic rings. The van der Waals surface area contributed by atoms with Gasteiger partial charge >= 0.3 is 5.97 Å². The van der Waals surface area contributed by atoms with Gasteiger partial charge < -0.3 is 14.2 Å². The van der Waals surface area contributed by atoms with Crippen LogP contribution in [0.4, 0.5) is 0 Å². The molecule has 0 saturated carbocycles. The molecule has 4 heteroatoms. The van der Waals surface area contributed by atoms with E-state index >= 15 is 0 Å². The Labute approximate surface area is 100 Å². The van der Waals surface area contributed by atoms with Gasteiger partial charge in [-0.15, -0.1) is 0 Å². The molecule has 0 saturated heterocycles. The molecule has 92 valence electrons. The van der Waals surface area contributed by atoms with Crippen molar-refractivity contribution in [1.29, 1.82) is 0 Å². The summed E-state index contributed by atoms with van der Waals surface area (Å²) in [6, 6.07) is 5.06. The van der Waals surface area contributed by atoms with E-state index in [1.165, 1.54) is 0 Å². The van der Waals surface area contributed by atoms with Crippen LogP contribution < -0.4 is 9.47 Å². The van der Waals surface area contributed by atoms with E-state index in [0.29, 0.717) is 29.6 Å². The Balaban J connectivity index is 1.95. The number of fused-ring (bicyclic) bond motifs is 1. The van der Waals surface area contributed by atoms with Crippen LogP contribution in [0.1, 0.15) is 30.6 Å². The second-order valence-corrected chi connectivity index (χ2v) is 4.39. The van der Waals surface area contributed by atoms with E-state index in [1.54, 1.807) is 18.2 Å². The molecule has 0 N–H and O–H groups in total. The van der Waals surface area contributed by atoms with Crippen LogP contribution in [-0.4, -0.2) is 19.4 Å². The number of carbonyl (C=O) groups is 1. The normalized spacial score (nSPS) is 12.9. The first-order valence-corrected chi connectivity index (χ1v) is 5.73. The van der Waals surface area contributed by atoms with Gasteiger partial charge in [-0.1, -0.05) is 13.8 Å². The van der Waals surface area contributed by atoms with Crippen LogP contribution in [0, 0.1) is 5.92 Å². The monoisotopic (exact) mass is 236 g/mol. The molecule has 1 aliphatic heterocycles. The summed E-state index contributed by atoms with van der Waals surface area (Å²) in [6.07, 6.45) is 0.871. The zero-order chi connectivity index (χ0) is 12.3. The van der Waals surface area contributed by atoms with Crippen LogP contribution in [0.2, 0.25) is 0 Å². The summed E-state index contributed by atoms with van der Waals surface area (Å²) in [5.74, 6) is 1.48. The lowest BCUT2D eigenvalue weighted by molar-refractivity contribution is 0.0487. The number of esters is 1. The fraction of sp³-hybridized carbons (Fsp3) is 0.462. The van der Waals surface area contributed by atoms with Crippen molar-refractivity contribution in [3.63, 3.8) is 0 Å². The number of rotatable bonds is 4. The number of carbonyl (C=O) groups excluding carboxylic acids is 1. The first kappa shape index (κ1) is 11.8. The van der Waals surface area contributed by atoms with Gasteiger partial charge in [0.25, 0.3) is 0 Å². The van der Waals surface area contributed by atoms with Crippen molar-refractivity contribution in [1.82, 2.24) is 0 Å². The van der Waals surface area contributed by atoms with Crippen LogP contribution >= 0.6 is 0 Å². The van der Waals surface area contributed by atoms with Crippen LogP contribution in [0.15, 0.2) is 18.2 Å². The molecule has 17 heavy (non-hydrogen) atoms. The van der Waals surface area contributed by atoms with Crippen LogP contribution in [0.3, 0.4) is 0 Å². The van der Waals surface area contributed by atoms with Gasteiger partial charge in [-0.05, 0) is 30.5 Å². The third-order valence-electron chi connectivity index (χ3n) is 2.54. The lowest BCUT2D eigenvalue weighted by atomic mass is 10.1. The molecule has 1 heterocycles. The van der Waals surface area contributed by atoms with Gasteiger partial charge in [-0.2, -0.15) is 0 Å². The van der Waals surface area contributed by atoms with Crippen molar-refractivity contribution in [2.45, 2.75) is 20.3 Å². The number of ether oxygens (including phenoxy) is 3. The standard InChI is InChI=1S/C13H16O4/c1-9(2)5-6-15-13(14)10-3-4-11-12(7-10)17-8-16-11/h3-4,7,9H,5-6,8H2,1-2H3. The third kappa shape index (κ3) is 2.90. The first-order valence-electron chi connectivity index (χ1n) is 5.73. The largest absolute Gasteiger partial charge is 0.462 e. The quantitative estimate of drug-likeness (QED) is 0.754. The molecule has 0 fully saturated rings. The maximum Gasteiger partial charge on any atom is 0.338 e. The van der Waals surface area contributed by atoms with E-state index in [1.807, 2.05) is 0 Å². The summed E-state index contributed by atoms with van der Waals surface area (Å²) < 4.78 is 15.5. The average molecular weight is 236 g/mol. The van der Waals surface area contributed by atoms with Crippen molar-refractivity contribution >= 4 is 5.97 Å². The average Bonchev–Trinajstić information content (AvgIpc) is 2.75. The molecule has 2 rings (SSSR count). The number of benzene rings is 1. The molecule has 0 spiro atoms. The lowest BCUT2D eigenvalue weighted by Crippen LogP contribution is -2.07. The van der Waals surface area contributed by atoms with Gasteiger partial charge in [0.15, 0.2) is 11.5 Å². The van der Waals surface area contributed by atoms with Gasteiger partial charge in [0.2, 0.25) is 6.79 Å². The predicted molar refractivity (Wildman–Crippen MR) is 62.3 cm³/mol. The molecule has 0 radical (unpaired) electrons. The summed E-state index contributed by atoms with van der Waals surface area (Å²) in [5, 5.41) is 0. The highest BCUT2D eigenvalue weighted by Gasteiger charge is 2.16. The zero-order valence-electron chi connectivity index (χ0n) is 10.1. The molecule has 0 amide bonds. The van der Waals surface area contributed by atoms with Gasteiger partial charge in [-0.25, -0.2) is 4.79 Å². The van der Waals surface area contributed by atoms with Gasteiger partial charge in [0.1, 0.15) is 0 Å². The van der Waals surface area contributed by atoms with E-state index in [0.717, 1.165) is 6.42 Å². The Kier molecular flexibility index (Phi) is 3.52. The highest BCUT2D eigenvalue weighted by atomic mass is 16.7. The molecule has 1 aromatic rings. The summed E-state index contributed by atoms with van der Waals surface area (Å²) in [6.45, 7) is 4.84. The second kappa shape index (κ2) is 5.08. The minimum absolute atomic E-state index is 0.210. The molecular formula is C13H16O4. The molecule has 0 atom stereocenters. The first-order chi connectivity index (χ1) is 8.16. The summed E-state index contributed by atoms with van der Waals surface area (Å²) in [7, 11) is 0. The van der Waals surface area contributed by atoms with Gasteiger partial charge in [0.05, 0.1) is 12.2 Å². The second-order valence-electron chi connectivity index (χ2n) is 4.39. The molecule has 0 bridgehead atoms. The fourth-order valence-electron chi connectivity index (χ4n) is 1.49. The topological polar surface area (TPSA) is 44.8 Å². The Morgan fingerprint density at radius 1 is 1.35 bits per heavy atom. The molecule has 0 unspecified atom stereocenters. The predicted octanol–water partition coefficient (Wildman–Crippen LogP) is 2.62. The van der Waals surface area contributed by atoms with Gasteiger partial charge in [0, 0.05) is 0 Å². The highest BCUT2D eigenvalue weighted by Crippen LogP contribution is 2.32. The minimum Gasteiger partial charge on any atom is -0.462 e. The van der Waals surface area contributed by atoms with Crippen molar-refractivity contribution in [3.8, 4) is 11.5 Å². The van der Waals surface area contributed by atoms with E-state index in [9.17, 15) is 4.79 Å². The molecule has 1 aromatic carbocycles. The van der Waals surface area contributed by atoms with E-state index < -0.39 is 0 Å². The number of hydrogen-bond acceptors (Lipinski definition) is 4. The lowest BCUT2D eigenvalue weighted by Gasteiger charge is -2.07. The Hall–Kier alpha value is -1.71. The van der Waals surface area contributed by atoms with Crippen LogP contribution in [0.5, 0.6) is 11.5 Å². The summed E-state index contributed by atoms with van der Waals surface area (Å²) in [5.41, 5.74) is 0.498. The molecule has 0 aliphatic carbocycles. The zero-order valence-corrected chi connectivity index (χ0v) is 10.1. The maximum absolute atomic E-state index is 11.7. The summed E-state index contributed by atoms with van der Waals surface area (Å²) in [4.78, 5) is 11.7. The third-order valence-corrected chi connectivity index (χ3v) is 2.54. The Morgan fingerprint density at radius 3 is 2.88 bits per heavy atom. The van der Waals surface area contributed by atoms with Crippen molar-refractivity contribution < 1.29 is 19.0 Å². The van der Waals surface area contributed by atoms with Crippen molar-refractivity contribution in [2.75, 3.05) is 13.4 Å². The molecular weight excluding hydrogens is 220 g/mol. The van der Waals surface area contributed by atoms with E-state index in [2.05, 4.69) is 13.8 Å². The van der Waals surface area contributed by atoms with Crippen molar-refractivity contribution in [3.05, 3.63) is 23.8 Å². The Morgan fingerprint density at radius 2 is 2.12 bits per heavy atom. The van der Waals surface area contributed by atoms with E-state index in [4.69, 9.17) is 14.2 Å². The number of hydrogen-bond donors (Lipinski definition) is 0. The highest BCUT2D eigenvalue weighted by molar-refractivity contribution is 5.90. The van der Waals surface area contributed by atoms with E-state index in [-0.39, 0.29) is 12.8 Å². The van der Waals surface area contributed by atoms with Crippen molar-refractivity contribution in [2.24, 2.45) is 5.92 Å². The van der Waals surface area contributed by atoms with Crippen LogP contribution in [-0.2, 0) is 4.74 Å². The fourth-order valence-corrected chi connectivity index (χ4v) is 1.49. The minimum atomic E-state index is -0.316. The molecule has 4 nitrogen and oxygen atoms in total. The molecule has 0 aromatic heterocycles. The SMILES string of the molecule is CC(C)CCOC(=O)c1ccc2c(c1)OCO2. The van der Waals surface area contributed by atoms with Crippen LogP contribution in [0.25, 0.3) is 0 Å². The van der Waals surface area contributed by atoms with Gasteiger partial charge in [-0.3, -0.25) is 0 Å². The summed E-state index contributed by atoms with van der Waals surface area (Å²) >= 11 is 0.